The number of aromatic nitrogens is 2. The van der Waals surface area contributed by atoms with E-state index in [0.717, 1.165) is 18.8 Å². The van der Waals surface area contributed by atoms with Crippen LogP contribution >= 0.6 is 11.3 Å². The summed E-state index contributed by atoms with van der Waals surface area (Å²) in [5.74, 6) is 0. The zero-order valence-corrected chi connectivity index (χ0v) is 13.3. The van der Waals surface area contributed by atoms with Gasteiger partial charge in [-0.15, -0.1) is 11.3 Å². The van der Waals surface area contributed by atoms with Gasteiger partial charge in [0.2, 0.25) is 0 Å². The van der Waals surface area contributed by atoms with E-state index in [1.54, 1.807) is 0 Å². The molecule has 104 valence electrons. The van der Waals surface area contributed by atoms with E-state index in [4.69, 9.17) is 0 Å². The summed E-state index contributed by atoms with van der Waals surface area (Å²) in [6.07, 6.45) is 0. The SMILES string of the molecule is Cc1nn(C)c(C)c1CNCC(C)(C)c1cccs1. The highest BCUT2D eigenvalue weighted by Gasteiger charge is 2.21. The third-order valence-electron chi connectivity index (χ3n) is 3.72. The Labute approximate surface area is 119 Å². The van der Waals surface area contributed by atoms with Gasteiger partial charge in [-0.25, -0.2) is 0 Å². The Morgan fingerprint density at radius 2 is 2.11 bits per heavy atom. The Hall–Kier alpha value is -1.13. The molecule has 0 aromatic carbocycles. The van der Waals surface area contributed by atoms with E-state index in [9.17, 15) is 0 Å². The average Bonchev–Trinajstić information content (AvgIpc) is 2.94. The molecule has 0 unspecified atom stereocenters. The zero-order valence-electron chi connectivity index (χ0n) is 12.4. The average molecular weight is 277 g/mol. The fraction of sp³-hybridized carbons (Fsp3) is 0.533. The molecule has 0 radical (unpaired) electrons. The van der Waals surface area contributed by atoms with Crippen LogP contribution in [-0.2, 0) is 19.0 Å². The van der Waals surface area contributed by atoms with Crippen molar-refractivity contribution in [1.82, 2.24) is 15.1 Å². The summed E-state index contributed by atoms with van der Waals surface area (Å²) in [6.45, 7) is 10.6. The van der Waals surface area contributed by atoms with Crippen LogP contribution in [0.1, 0.15) is 35.7 Å². The smallest absolute Gasteiger partial charge is 0.0641 e. The van der Waals surface area contributed by atoms with Crippen LogP contribution in [0.15, 0.2) is 17.5 Å². The molecule has 0 amide bonds. The second-order valence-electron chi connectivity index (χ2n) is 5.74. The largest absolute Gasteiger partial charge is 0.312 e. The Bertz CT molecular complexity index is 538. The lowest BCUT2D eigenvalue weighted by atomic mass is 9.91. The van der Waals surface area contributed by atoms with Crippen molar-refractivity contribution < 1.29 is 0 Å². The minimum atomic E-state index is 0.179. The lowest BCUT2D eigenvalue weighted by molar-refractivity contribution is 0.476. The standard InChI is InChI=1S/C15H23N3S/c1-11-13(12(2)18(5)17-11)9-16-10-15(3,4)14-7-6-8-19-14/h6-8,16H,9-10H2,1-5H3. The first-order valence-corrected chi connectivity index (χ1v) is 7.53. The molecule has 0 aliphatic heterocycles. The van der Waals surface area contributed by atoms with Crippen molar-refractivity contribution in [2.45, 2.75) is 39.7 Å². The molecule has 2 rings (SSSR count). The van der Waals surface area contributed by atoms with E-state index in [1.807, 2.05) is 23.1 Å². The number of rotatable bonds is 5. The van der Waals surface area contributed by atoms with Gasteiger partial charge in [0.25, 0.3) is 0 Å². The number of nitrogens with zero attached hydrogens (tertiary/aromatic N) is 2. The maximum Gasteiger partial charge on any atom is 0.0641 e. The normalized spacial score (nSPS) is 12.1. The highest BCUT2D eigenvalue weighted by molar-refractivity contribution is 7.10. The molecular weight excluding hydrogens is 254 g/mol. The lowest BCUT2D eigenvalue weighted by Crippen LogP contribution is -2.32. The highest BCUT2D eigenvalue weighted by Crippen LogP contribution is 2.26. The summed E-state index contributed by atoms with van der Waals surface area (Å²) in [6, 6.07) is 4.34. The van der Waals surface area contributed by atoms with Crippen LogP contribution in [0.4, 0.5) is 0 Å². The lowest BCUT2D eigenvalue weighted by Gasteiger charge is -2.23. The fourth-order valence-corrected chi connectivity index (χ4v) is 3.18. The minimum absolute atomic E-state index is 0.179. The topological polar surface area (TPSA) is 29.9 Å². The second-order valence-corrected chi connectivity index (χ2v) is 6.69. The first-order valence-electron chi connectivity index (χ1n) is 6.65. The third-order valence-corrected chi connectivity index (χ3v) is 4.95. The molecule has 0 atom stereocenters. The number of hydrogen-bond donors (Lipinski definition) is 1. The molecule has 0 saturated heterocycles. The van der Waals surface area contributed by atoms with Gasteiger partial charge in [0.1, 0.15) is 0 Å². The summed E-state index contributed by atoms with van der Waals surface area (Å²) in [5, 5.41) is 10.2. The molecule has 0 aliphatic carbocycles. The first kappa shape index (κ1) is 14.3. The molecule has 2 aromatic rings. The van der Waals surface area contributed by atoms with Crippen LogP contribution in [-0.4, -0.2) is 16.3 Å². The highest BCUT2D eigenvalue weighted by atomic mass is 32.1. The second kappa shape index (κ2) is 5.47. The van der Waals surface area contributed by atoms with Crippen molar-refractivity contribution in [3.05, 3.63) is 39.3 Å². The molecule has 2 heterocycles. The van der Waals surface area contributed by atoms with E-state index in [-0.39, 0.29) is 5.41 Å². The molecule has 1 N–H and O–H groups in total. The molecule has 3 nitrogen and oxygen atoms in total. The van der Waals surface area contributed by atoms with Gasteiger partial charge in [-0.05, 0) is 25.3 Å². The van der Waals surface area contributed by atoms with Gasteiger partial charge in [-0.1, -0.05) is 19.9 Å². The first-order chi connectivity index (χ1) is 8.92. The van der Waals surface area contributed by atoms with Crippen molar-refractivity contribution in [1.29, 1.82) is 0 Å². The quantitative estimate of drug-likeness (QED) is 0.910. The van der Waals surface area contributed by atoms with E-state index < -0.39 is 0 Å². The molecule has 0 bridgehead atoms. The van der Waals surface area contributed by atoms with Crippen LogP contribution in [0.3, 0.4) is 0 Å². The van der Waals surface area contributed by atoms with Crippen LogP contribution < -0.4 is 5.32 Å². The summed E-state index contributed by atoms with van der Waals surface area (Å²) >= 11 is 1.83. The van der Waals surface area contributed by atoms with Crippen molar-refractivity contribution >= 4 is 11.3 Å². The predicted molar refractivity (Wildman–Crippen MR) is 81.7 cm³/mol. The maximum atomic E-state index is 4.45. The van der Waals surface area contributed by atoms with Crippen LogP contribution in [0.5, 0.6) is 0 Å². The third kappa shape index (κ3) is 3.07. The predicted octanol–water partition coefficient (Wildman–Crippen LogP) is 3.17. The van der Waals surface area contributed by atoms with Gasteiger partial charge in [0, 0.05) is 41.7 Å². The van der Waals surface area contributed by atoms with Crippen molar-refractivity contribution in [3.8, 4) is 0 Å². The fourth-order valence-electron chi connectivity index (χ4n) is 2.32. The van der Waals surface area contributed by atoms with Gasteiger partial charge >= 0.3 is 0 Å². The summed E-state index contributed by atoms with van der Waals surface area (Å²) < 4.78 is 1.96. The molecule has 19 heavy (non-hydrogen) atoms. The Morgan fingerprint density at radius 1 is 1.37 bits per heavy atom. The Balaban J connectivity index is 1.97. The molecule has 4 heteroatoms. The van der Waals surface area contributed by atoms with Gasteiger partial charge in [-0.3, -0.25) is 4.68 Å². The van der Waals surface area contributed by atoms with Crippen LogP contribution in [0.25, 0.3) is 0 Å². The number of nitrogens with one attached hydrogen (secondary N) is 1. The Kier molecular flexibility index (Phi) is 4.11. The summed E-state index contributed by atoms with van der Waals surface area (Å²) in [4.78, 5) is 1.43. The molecule has 0 aliphatic rings. The van der Waals surface area contributed by atoms with Gasteiger partial charge in [0.15, 0.2) is 0 Å². The van der Waals surface area contributed by atoms with E-state index in [1.165, 1.54) is 16.1 Å². The minimum Gasteiger partial charge on any atom is -0.312 e. The summed E-state index contributed by atoms with van der Waals surface area (Å²) in [7, 11) is 2.00. The Morgan fingerprint density at radius 3 is 2.63 bits per heavy atom. The number of thiophene rings is 1. The van der Waals surface area contributed by atoms with E-state index >= 15 is 0 Å². The molecule has 2 aromatic heterocycles. The number of hydrogen-bond acceptors (Lipinski definition) is 3. The van der Waals surface area contributed by atoms with Gasteiger partial charge < -0.3 is 5.32 Å². The molecular formula is C15H23N3S. The van der Waals surface area contributed by atoms with E-state index in [0.29, 0.717) is 0 Å². The van der Waals surface area contributed by atoms with Gasteiger partial charge in [-0.2, -0.15) is 5.10 Å². The van der Waals surface area contributed by atoms with Gasteiger partial charge in [0.05, 0.1) is 5.69 Å². The van der Waals surface area contributed by atoms with Crippen LogP contribution in [0, 0.1) is 13.8 Å². The van der Waals surface area contributed by atoms with E-state index in [2.05, 4.69) is 55.6 Å². The number of aryl methyl sites for hydroxylation is 2. The molecule has 0 saturated carbocycles. The maximum absolute atomic E-state index is 4.45. The van der Waals surface area contributed by atoms with Crippen LogP contribution in [0.2, 0.25) is 0 Å². The van der Waals surface area contributed by atoms with Crippen molar-refractivity contribution in [3.63, 3.8) is 0 Å². The molecule has 0 fully saturated rings. The molecule has 0 spiro atoms. The zero-order chi connectivity index (χ0) is 14.0. The van der Waals surface area contributed by atoms with Crippen molar-refractivity contribution in [2.75, 3.05) is 6.54 Å². The monoisotopic (exact) mass is 277 g/mol. The van der Waals surface area contributed by atoms with Crippen molar-refractivity contribution in [2.24, 2.45) is 7.05 Å². The summed E-state index contributed by atoms with van der Waals surface area (Å²) in [5.41, 5.74) is 3.88.